The van der Waals surface area contributed by atoms with Crippen LogP contribution in [0.25, 0.3) is 6.08 Å². The Morgan fingerprint density at radius 3 is 2.85 bits per heavy atom. The van der Waals surface area contributed by atoms with Gasteiger partial charge in [-0.3, -0.25) is 9.69 Å². The van der Waals surface area contributed by atoms with Crippen molar-refractivity contribution in [2.75, 3.05) is 40.0 Å². The fourth-order valence-electron chi connectivity index (χ4n) is 3.10. The molecular formula is C20H30ClNO4. The van der Waals surface area contributed by atoms with E-state index in [0.29, 0.717) is 13.2 Å². The lowest BCUT2D eigenvalue weighted by Gasteiger charge is -2.31. The molecule has 0 N–H and O–H groups in total. The summed E-state index contributed by atoms with van der Waals surface area (Å²) in [5.74, 6) is 1.39. The Kier molecular flexibility index (Phi) is 10.1. The van der Waals surface area contributed by atoms with Gasteiger partial charge in [0.15, 0.2) is 11.5 Å². The van der Waals surface area contributed by atoms with Crippen LogP contribution in [0.2, 0.25) is 0 Å². The molecule has 0 bridgehead atoms. The highest BCUT2D eigenvalue weighted by Crippen LogP contribution is 2.28. The van der Waals surface area contributed by atoms with Gasteiger partial charge >= 0.3 is 5.97 Å². The van der Waals surface area contributed by atoms with E-state index in [-0.39, 0.29) is 24.3 Å². The summed E-state index contributed by atoms with van der Waals surface area (Å²) < 4.78 is 16.5. The number of nitrogens with zero attached hydrogens (tertiary/aromatic N) is 1. The first-order valence-electron chi connectivity index (χ1n) is 9.00. The van der Waals surface area contributed by atoms with Crippen molar-refractivity contribution >= 4 is 24.5 Å². The lowest BCUT2D eigenvalue weighted by Crippen LogP contribution is -2.41. The Morgan fingerprint density at radius 1 is 1.35 bits per heavy atom. The summed E-state index contributed by atoms with van der Waals surface area (Å²) in [6.07, 6.45) is 5.95. The van der Waals surface area contributed by atoms with Crippen molar-refractivity contribution in [1.29, 1.82) is 0 Å². The smallest absolute Gasteiger partial charge is 0.310 e. The first-order chi connectivity index (χ1) is 12.2. The van der Waals surface area contributed by atoms with Crippen LogP contribution < -0.4 is 9.47 Å². The number of ether oxygens (including phenoxy) is 3. The second-order valence-corrected chi connectivity index (χ2v) is 6.15. The van der Waals surface area contributed by atoms with Crippen molar-refractivity contribution in [1.82, 2.24) is 4.90 Å². The van der Waals surface area contributed by atoms with E-state index < -0.39 is 0 Å². The average Bonchev–Trinajstić information content (AvgIpc) is 2.63. The van der Waals surface area contributed by atoms with Gasteiger partial charge in [-0.05, 0) is 50.9 Å². The zero-order valence-corrected chi connectivity index (χ0v) is 16.7. The number of carbonyl (C=O) groups is 1. The van der Waals surface area contributed by atoms with E-state index in [4.69, 9.17) is 14.2 Å². The molecule has 1 saturated heterocycles. The fraction of sp³-hybridized carbons (Fsp3) is 0.550. The average molecular weight is 384 g/mol. The van der Waals surface area contributed by atoms with Gasteiger partial charge < -0.3 is 14.2 Å². The van der Waals surface area contributed by atoms with Gasteiger partial charge in [-0.25, -0.2) is 0 Å². The summed E-state index contributed by atoms with van der Waals surface area (Å²) in [5, 5.41) is 0. The van der Waals surface area contributed by atoms with Crippen molar-refractivity contribution in [3.05, 3.63) is 29.8 Å². The molecule has 1 aliphatic rings. The number of methoxy groups -OCH3 is 1. The standard InChI is InChI=1S/C20H29NO4.ClH/c1-4-7-16-9-10-18(19(14-16)23-3)25-13-12-21-11-6-8-17(15-21)20(22)24-5-2;/h4,7,9-10,14,17H,5-6,8,11-13,15H2,1-3H3;1H/b7-4+;. The molecule has 0 amide bonds. The number of piperidine rings is 1. The van der Waals surface area contributed by atoms with E-state index >= 15 is 0 Å². The maximum Gasteiger partial charge on any atom is 0.310 e. The van der Waals surface area contributed by atoms with Crippen LogP contribution >= 0.6 is 12.4 Å². The number of allylic oxidation sites excluding steroid dienone is 1. The lowest BCUT2D eigenvalue weighted by atomic mass is 9.98. The summed E-state index contributed by atoms with van der Waals surface area (Å²) in [6.45, 7) is 7.38. The SMILES string of the molecule is C/C=C/c1ccc(OCCN2CCCC(C(=O)OCC)C2)c(OC)c1.Cl. The molecule has 0 saturated carbocycles. The highest BCUT2D eigenvalue weighted by Gasteiger charge is 2.26. The summed E-state index contributed by atoms with van der Waals surface area (Å²) >= 11 is 0. The van der Waals surface area contributed by atoms with Crippen molar-refractivity contribution < 1.29 is 19.0 Å². The van der Waals surface area contributed by atoms with E-state index in [1.807, 2.05) is 44.2 Å². The van der Waals surface area contributed by atoms with Gasteiger partial charge in [0.05, 0.1) is 19.6 Å². The molecule has 0 aliphatic carbocycles. The number of hydrogen-bond donors (Lipinski definition) is 0. The second kappa shape index (κ2) is 11.8. The van der Waals surface area contributed by atoms with E-state index in [9.17, 15) is 4.79 Å². The van der Waals surface area contributed by atoms with Gasteiger partial charge in [0.25, 0.3) is 0 Å². The predicted octanol–water partition coefficient (Wildman–Crippen LogP) is 3.80. The highest BCUT2D eigenvalue weighted by atomic mass is 35.5. The van der Waals surface area contributed by atoms with Gasteiger partial charge in [-0.1, -0.05) is 18.2 Å². The summed E-state index contributed by atoms with van der Waals surface area (Å²) in [7, 11) is 1.65. The third-order valence-corrected chi connectivity index (χ3v) is 4.34. The van der Waals surface area contributed by atoms with Gasteiger partial charge in [-0.15, -0.1) is 12.4 Å². The zero-order chi connectivity index (χ0) is 18.1. The predicted molar refractivity (Wildman–Crippen MR) is 106 cm³/mol. The fourth-order valence-corrected chi connectivity index (χ4v) is 3.10. The number of carbonyl (C=O) groups excluding carboxylic acids is 1. The third-order valence-electron chi connectivity index (χ3n) is 4.34. The van der Waals surface area contributed by atoms with Crippen LogP contribution in [0.4, 0.5) is 0 Å². The van der Waals surface area contributed by atoms with Gasteiger partial charge in [0, 0.05) is 13.1 Å². The third kappa shape index (κ3) is 6.54. The van der Waals surface area contributed by atoms with Crippen molar-refractivity contribution in [3.8, 4) is 11.5 Å². The number of esters is 1. The molecule has 26 heavy (non-hydrogen) atoms. The van der Waals surface area contributed by atoms with E-state index in [2.05, 4.69) is 4.90 Å². The second-order valence-electron chi connectivity index (χ2n) is 6.15. The van der Waals surface area contributed by atoms with Crippen LogP contribution in [0.1, 0.15) is 32.3 Å². The highest BCUT2D eigenvalue weighted by molar-refractivity contribution is 5.85. The molecule has 6 heteroatoms. The number of hydrogen-bond acceptors (Lipinski definition) is 5. The molecule has 1 aromatic rings. The van der Waals surface area contributed by atoms with Crippen molar-refractivity contribution in [2.45, 2.75) is 26.7 Å². The van der Waals surface area contributed by atoms with Crippen molar-refractivity contribution in [3.63, 3.8) is 0 Å². The molecule has 1 unspecified atom stereocenters. The molecule has 146 valence electrons. The Balaban J connectivity index is 0.00000338. The number of benzene rings is 1. The number of rotatable bonds is 8. The Morgan fingerprint density at radius 2 is 2.15 bits per heavy atom. The maximum absolute atomic E-state index is 11.9. The summed E-state index contributed by atoms with van der Waals surface area (Å²) in [5.41, 5.74) is 1.08. The molecular weight excluding hydrogens is 354 g/mol. The van der Waals surface area contributed by atoms with Crippen LogP contribution in [0.5, 0.6) is 11.5 Å². The monoisotopic (exact) mass is 383 g/mol. The number of likely N-dealkylation sites (tertiary alicyclic amines) is 1. The first-order valence-corrected chi connectivity index (χ1v) is 9.00. The van der Waals surface area contributed by atoms with E-state index in [1.165, 1.54) is 0 Å². The van der Waals surface area contributed by atoms with Crippen LogP contribution in [0.15, 0.2) is 24.3 Å². The summed E-state index contributed by atoms with van der Waals surface area (Å²) in [6, 6.07) is 5.91. The number of halogens is 1. The normalized spacial score (nSPS) is 17.6. The Labute approximate surface area is 162 Å². The first kappa shape index (κ1) is 22.3. The molecule has 2 rings (SSSR count). The Hall–Kier alpha value is -1.72. The minimum Gasteiger partial charge on any atom is -0.493 e. The molecule has 1 aromatic carbocycles. The lowest BCUT2D eigenvalue weighted by molar-refractivity contribution is -0.150. The zero-order valence-electron chi connectivity index (χ0n) is 15.9. The molecule has 0 radical (unpaired) electrons. The molecule has 5 nitrogen and oxygen atoms in total. The molecule has 1 fully saturated rings. The van der Waals surface area contributed by atoms with E-state index in [1.54, 1.807) is 7.11 Å². The van der Waals surface area contributed by atoms with E-state index in [0.717, 1.165) is 49.5 Å². The minimum atomic E-state index is -0.0747. The topological polar surface area (TPSA) is 48.0 Å². The quantitative estimate of drug-likeness (QED) is 0.639. The molecule has 0 aromatic heterocycles. The molecule has 1 atom stereocenters. The van der Waals surface area contributed by atoms with Crippen LogP contribution in [0, 0.1) is 5.92 Å². The largest absolute Gasteiger partial charge is 0.493 e. The van der Waals surface area contributed by atoms with Crippen LogP contribution in [-0.4, -0.2) is 50.8 Å². The van der Waals surface area contributed by atoms with Crippen LogP contribution in [-0.2, 0) is 9.53 Å². The molecule has 1 heterocycles. The minimum absolute atomic E-state index is 0. The summed E-state index contributed by atoms with van der Waals surface area (Å²) in [4.78, 5) is 14.2. The Bertz CT molecular complexity index is 591. The van der Waals surface area contributed by atoms with Gasteiger partial charge in [-0.2, -0.15) is 0 Å². The van der Waals surface area contributed by atoms with Gasteiger partial charge in [0.1, 0.15) is 6.61 Å². The molecule has 0 spiro atoms. The molecule has 1 aliphatic heterocycles. The van der Waals surface area contributed by atoms with Gasteiger partial charge in [0.2, 0.25) is 0 Å². The van der Waals surface area contributed by atoms with Crippen LogP contribution in [0.3, 0.4) is 0 Å². The van der Waals surface area contributed by atoms with Crippen molar-refractivity contribution in [2.24, 2.45) is 5.92 Å². The maximum atomic E-state index is 11.9.